The Hall–Kier alpha value is -0.560. The zero-order valence-corrected chi connectivity index (χ0v) is 8.67. The summed E-state index contributed by atoms with van der Waals surface area (Å²) in [6.45, 7) is 6.54. The van der Waals surface area contributed by atoms with E-state index in [9.17, 15) is 5.11 Å². The molecule has 2 aliphatic carbocycles. The van der Waals surface area contributed by atoms with Gasteiger partial charge in [0.05, 0.1) is 6.10 Å². The second kappa shape index (κ2) is 2.98. The molecule has 0 saturated heterocycles. The summed E-state index contributed by atoms with van der Waals surface area (Å²) in [5.41, 5.74) is 4.08. The molecule has 0 fully saturated rings. The molecule has 0 aromatic rings. The van der Waals surface area contributed by atoms with Gasteiger partial charge in [0.25, 0.3) is 0 Å². The van der Waals surface area contributed by atoms with Crippen LogP contribution in [0, 0.1) is 11.8 Å². The van der Waals surface area contributed by atoms with E-state index in [1.807, 2.05) is 0 Å². The van der Waals surface area contributed by atoms with Crippen LogP contribution in [0.25, 0.3) is 0 Å². The largest absolute Gasteiger partial charge is 0.388 e. The summed E-state index contributed by atoms with van der Waals surface area (Å²) in [7, 11) is 0. The Kier molecular flexibility index (Phi) is 2.07. The Morgan fingerprint density at radius 1 is 1.38 bits per heavy atom. The second-order valence-electron chi connectivity index (χ2n) is 4.59. The predicted octanol–water partition coefficient (Wildman–Crippen LogP) is 2.67. The lowest BCUT2D eigenvalue weighted by Crippen LogP contribution is -2.15. The van der Waals surface area contributed by atoms with Crippen molar-refractivity contribution in [3.05, 3.63) is 22.8 Å². The molecule has 0 bridgehead atoms. The van der Waals surface area contributed by atoms with Crippen molar-refractivity contribution in [1.29, 1.82) is 0 Å². The van der Waals surface area contributed by atoms with Gasteiger partial charge in [-0.2, -0.15) is 0 Å². The number of aliphatic hydroxyl groups is 1. The maximum absolute atomic E-state index is 9.98. The molecule has 1 N–H and O–H groups in total. The lowest BCUT2D eigenvalue weighted by atomic mass is 9.86. The maximum atomic E-state index is 9.98. The van der Waals surface area contributed by atoms with Crippen LogP contribution in [0.3, 0.4) is 0 Å². The van der Waals surface area contributed by atoms with Crippen LogP contribution < -0.4 is 0 Å². The summed E-state index contributed by atoms with van der Waals surface area (Å²) in [5, 5.41) is 9.98. The van der Waals surface area contributed by atoms with Crippen LogP contribution in [-0.4, -0.2) is 11.2 Å². The summed E-state index contributed by atoms with van der Waals surface area (Å²) in [6, 6.07) is 0. The van der Waals surface area contributed by atoms with Crippen molar-refractivity contribution in [2.45, 2.75) is 39.7 Å². The molecule has 0 radical (unpaired) electrons. The molecule has 2 aliphatic rings. The highest BCUT2D eigenvalue weighted by Gasteiger charge is 2.34. The van der Waals surface area contributed by atoms with Gasteiger partial charge in [0, 0.05) is 0 Å². The Morgan fingerprint density at radius 3 is 2.69 bits per heavy atom. The first-order chi connectivity index (χ1) is 6.11. The number of aliphatic hydroxyl groups excluding tert-OH is 1. The molecular weight excluding hydrogens is 160 g/mol. The minimum atomic E-state index is -0.200. The molecule has 0 aliphatic heterocycles. The number of hydrogen-bond donors (Lipinski definition) is 1. The predicted molar refractivity (Wildman–Crippen MR) is 54.4 cm³/mol. The van der Waals surface area contributed by atoms with Crippen molar-refractivity contribution in [3.8, 4) is 0 Å². The first-order valence-corrected chi connectivity index (χ1v) is 5.19. The summed E-state index contributed by atoms with van der Waals surface area (Å²) >= 11 is 0. The Labute approximate surface area is 80.2 Å². The van der Waals surface area contributed by atoms with E-state index >= 15 is 0 Å². The first-order valence-electron chi connectivity index (χ1n) is 5.19. The van der Waals surface area contributed by atoms with Crippen molar-refractivity contribution in [1.82, 2.24) is 0 Å². The SMILES string of the molecule is CC1=CCC(C)C2=C1C(O)C(C)C2. The van der Waals surface area contributed by atoms with Crippen molar-refractivity contribution >= 4 is 0 Å². The third-order valence-electron chi connectivity index (χ3n) is 3.52. The van der Waals surface area contributed by atoms with Gasteiger partial charge in [-0.15, -0.1) is 0 Å². The summed E-state index contributed by atoms with van der Waals surface area (Å²) in [5.74, 6) is 1.08. The van der Waals surface area contributed by atoms with Gasteiger partial charge >= 0.3 is 0 Å². The van der Waals surface area contributed by atoms with Crippen molar-refractivity contribution < 1.29 is 5.11 Å². The van der Waals surface area contributed by atoms with Crippen molar-refractivity contribution in [3.63, 3.8) is 0 Å². The first kappa shape index (κ1) is 9.01. The lowest BCUT2D eigenvalue weighted by Gasteiger charge is -2.21. The highest BCUT2D eigenvalue weighted by molar-refractivity contribution is 5.44. The van der Waals surface area contributed by atoms with Crippen LogP contribution in [-0.2, 0) is 0 Å². The topological polar surface area (TPSA) is 20.2 Å². The van der Waals surface area contributed by atoms with Crippen LogP contribution in [0.2, 0.25) is 0 Å². The fourth-order valence-corrected chi connectivity index (χ4v) is 2.60. The number of rotatable bonds is 0. The van der Waals surface area contributed by atoms with E-state index in [1.54, 1.807) is 0 Å². The third-order valence-corrected chi connectivity index (χ3v) is 3.52. The van der Waals surface area contributed by atoms with Gasteiger partial charge in [0.2, 0.25) is 0 Å². The van der Waals surface area contributed by atoms with E-state index in [0.717, 1.165) is 12.8 Å². The number of hydrogen-bond acceptors (Lipinski definition) is 1. The molecule has 0 spiro atoms. The van der Waals surface area contributed by atoms with Gasteiger partial charge in [-0.1, -0.05) is 25.5 Å². The van der Waals surface area contributed by atoms with E-state index in [1.165, 1.54) is 16.7 Å². The highest BCUT2D eigenvalue weighted by atomic mass is 16.3. The molecular formula is C12H18O. The quantitative estimate of drug-likeness (QED) is 0.604. The van der Waals surface area contributed by atoms with E-state index in [4.69, 9.17) is 0 Å². The zero-order chi connectivity index (χ0) is 9.59. The van der Waals surface area contributed by atoms with Gasteiger partial charge in [0.15, 0.2) is 0 Å². The van der Waals surface area contributed by atoms with Crippen molar-refractivity contribution in [2.75, 3.05) is 0 Å². The summed E-state index contributed by atoms with van der Waals surface area (Å²) in [4.78, 5) is 0. The van der Waals surface area contributed by atoms with Gasteiger partial charge in [-0.25, -0.2) is 0 Å². The normalized spacial score (nSPS) is 39.1. The number of allylic oxidation sites excluding steroid dienone is 2. The lowest BCUT2D eigenvalue weighted by molar-refractivity contribution is 0.166. The van der Waals surface area contributed by atoms with Gasteiger partial charge in [-0.3, -0.25) is 0 Å². The van der Waals surface area contributed by atoms with E-state index < -0.39 is 0 Å². The van der Waals surface area contributed by atoms with E-state index in [-0.39, 0.29) is 6.10 Å². The minimum absolute atomic E-state index is 0.200. The highest BCUT2D eigenvalue weighted by Crippen LogP contribution is 2.43. The van der Waals surface area contributed by atoms with Gasteiger partial charge in [0.1, 0.15) is 0 Å². The second-order valence-corrected chi connectivity index (χ2v) is 4.59. The van der Waals surface area contributed by atoms with Gasteiger partial charge in [-0.05, 0) is 42.7 Å². The fourth-order valence-electron chi connectivity index (χ4n) is 2.60. The van der Waals surface area contributed by atoms with Crippen LogP contribution in [0.4, 0.5) is 0 Å². The summed E-state index contributed by atoms with van der Waals surface area (Å²) < 4.78 is 0. The molecule has 1 nitrogen and oxygen atoms in total. The standard InChI is InChI=1S/C12H18O/c1-7-4-5-8(2)11-10(7)6-9(3)12(11)13/h5,7,9,12-13H,4,6H2,1-3H3. The van der Waals surface area contributed by atoms with Gasteiger partial charge < -0.3 is 5.11 Å². The minimum Gasteiger partial charge on any atom is -0.388 e. The Bertz CT molecular complexity index is 285. The molecule has 0 amide bonds. The molecule has 72 valence electrons. The molecule has 0 aromatic carbocycles. The zero-order valence-electron chi connectivity index (χ0n) is 8.67. The molecule has 2 rings (SSSR count). The van der Waals surface area contributed by atoms with E-state index in [0.29, 0.717) is 11.8 Å². The van der Waals surface area contributed by atoms with Crippen LogP contribution in [0.15, 0.2) is 22.8 Å². The van der Waals surface area contributed by atoms with Crippen LogP contribution in [0.1, 0.15) is 33.6 Å². The maximum Gasteiger partial charge on any atom is 0.0820 e. The average Bonchev–Trinajstić information content (AvgIpc) is 2.38. The molecule has 0 saturated carbocycles. The Morgan fingerprint density at radius 2 is 2.08 bits per heavy atom. The molecule has 0 aromatic heterocycles. The molecule has 3 unspecified atom stereocenters. The molecule has 1 heteroatoms. The average molecular weight is 178 g/mol. The van der Waals surface area contributed by atoms with Crippen LogP contribution in [0.5, 0.6) is 0 Å². The molecule has 3 atom stereocenters. The van der Waals surface area contributed by atoms with Crippen LogP contribution >= 0.6 is 0 Å². The molecule has 0 heterocycles. The monoisotopic (exact) mass is 178 g/mol. The van der Waals surface area contributed by atoms with E-state index in [2.05, 4.69) is 26.8 Å². The summed E-state index contributed by atoms with van der Waals surface area (Å²) in [6.07, 6.45) is 4.33. The smallest absolute Gasteiger partial charge is 0.0820 e. The molecule has 13 heavy (non-hydrogen) atoms. The van der Waals surface area contributed by atoms with Crippen molar-refractivity contribution in [2.24, 2.45) is 11.8 Å². The third kappa shape index (κ3) is 1.26. The fraction of sp³-hybridized carbons (Fsp3) is 0.667. The Balaban J connectivity index is 2.39.